The molecule has 2 unspecified atom stereocenters. The number of morpholine rings is 1. The average Bonchev–Trinajstić information content (AvgIpc) is 2.76. The quantitative estimate of drug-likeness (QED) is 0.899. The molecule has 4 nitrogen and oxygen atoms in total. The maximum absolute atomic E-state index is 14.5. The van der Waals surface area contributed by atoms with Gasteiger partial charge in [0.05, 0.1) is 12.2 Å². The molecule has 1 aromatic heterocycles. The van der Waals surface area contributed by atoms with E-state index < -0.39 is 0 Å². The average molecular weight is 265 g/mol. The van der Waals surface area contributed by atoms with E-state index in [9.17, 15) is 4.39 Å². The van der Waals surface area contributed by atoms with Crippen LogP contribution in [0.2, 0.25) is 0 Å². The van der Waals surface area contributed by atoms with Crippen LogP contribution in [-0.2, 0) is 11.3 Å². The standard InChI is InChI=1S/C14H20FN3O/c1-2-16-7-10-5-6-17-14(13(10)15)18-8-11-3-4-12(9-18)19-11/h5-6,11-12,16H,2-4,7-9H2,1H3. The van der Waals surface area contributed by atoms with Gasteiger partial charge in [0, 0.05) is 31.4 Å². The van der Waals surface area contributed by atoms with E-state index in [1.165, 1.54) is 0 Å². The minimum absolute atomic E-state index is 0.190. The first-order valence-corrected chi connectivity index (χ1v) is 7.02. The molecule has 3 rings (SSSR count). The van der Waals surface area contributed by atoms with E-state index in [1.807, 2.05) is 11.8 Å². The number of fused-ring (bicyclic) bond motifs is 2. The molecule has 19 heavy (non-hydrogen) atoms. The van der Waals surface area contributed by atoms with Crippen LogP contribution < -0.4 is 10.2 Å². The molecular weight excluding hydrogens is 245 g/mol. The molecule has 0 amide bonds. The van der Waals surface area contributed by atoms with Crippen LogP contribution in [0.4, 0.5) is 10.2 Å². The Morgan fingerprint density at radius 2 is 2.16 bits per heavy atom. The van der Waals surface area contributed by atoms with Crippen molar-refractivity contribution in [1.29, 1.82) is 0 Å². The van der Waals surface area contributed by atoms with E-state index in [0.717, 1.165) is 32.5 Å². The number of nitrogens with zero attached hydrogens (tertiary/aromatic N) is 2. The normalized spacial score (nSPS) is 25.9. The van der Waals surface area contributed by atoms with Gasteiger partial charge in [0.25, 0.3) is 0 Å². The zero-order valence-corrected chi connectivity index (χ0v) is 11.2. The van der Waals surface area contributed by atoms with E-state index in [1.54, 1.807) is 12.3 Å². The van der Waals surface area contributed by atoms with Crippen molar-refractivity contribution >= 4 is 5.82 Å². The number of nitrogens with one attached hydrogen (secondary N) is 1. The summed E-state index contributed by atoms with van der Waals surface area (Å²) in [4.78, 5) is 6.27. The number of hydrogen-bond donors (Lipinski definition) is 1. The summed E-state index contributed by atoms with van der Waals surface area (Å²) in [5.41, 5.74) is 0.686. The Morgan fingerprint density at radius 3 is 2.84 bits per heavy atom. The molecule has 2 aliphatic rings. The fraction of sp³-hybridized carbons (Fsp3) is 0.643. The lowest BCUT2D eigenvalue weighted by Gasteiger charge is -2.33. The summed E-state index contributed by atoms with van der Waals surface area (Å²) >= 11 is 0. The van der Waals surface area contributed by atoms with Crippen LogP contribution in [0.25, 0.3) is 0 Å². The summed E-state index contributed by atoms with van der Waals surface area (Å²) in [5.74, 6) is 0.292. The van der Waals surface area contributed by atoms with Gasteiger partial charge in [-0.2, -0.15) is 0 Å². The molecule has 1 N–H and O–H groups in total. The van der Waals surface area contributed by atoms with Crippen molar-refractivity contribution in [2.45, 2.75) is 38.5 Å². The molecule has 104 valence electrons. The Hall–Kier alpha value is -1.20. The molecule has 0 aromatic carbocycles. The van der Waals surface area contributed by atoms with Crippen molar-refractivity contribution in [2.24, 2.45) is 0 Å². The van der Waals surface area contributed by atoms with Crippen molar-refractivity contribution in [3.8, 4) is 0 Å². The zero-order chi connectivity index (χ0) is 13.2. The van der Waals surface area contributed by atoms with Crippen molar-refractivity contribution in [2.75, 3.05) is 24.5 Å². The van der Waals surface area contributed by atoms with E-state index in [4.69, 9.17) is 4.74 Å². The van der Waals surface area contributed by atoms with E-state index >= 15 is 0 Å². The van der Waals surface area contributed by atoms with Crippen LogP contribution in [0.15, 0.2) is 12.3 Å². The summed E-state index contributed by atoms with van der Waals surface area (Å²) in [7, 11) is 0. The predicted molar refractivity (Wildman–Crippen MR) is 71.7 cm³/mol. The highest BCUT2D eigenvalue weighted by Crippen LogP contribution is 2.30. The third kappa shape index (κ3) is 2.58. The fourth-order valence-corrected chi connectivity index (χ4v) is 2.88. The van der Waals surface area contributed by atoms with Crippen LogP contribution in [0.1, 0.15) is 25.3 Å². The van der Waals surface area contributed by atoms with Crippen LogP contribution in [0.5, 0.6) is 0 Å². The molecule has 3 heterocycles. The molecular formula is C14H20FN3O. The van der Waals surface area contributed by atoms with Gasteiger partial charge in [0.1, 0.15) is 0 Å². The summed E-state index contributed by atoms with van der Waals surface area (Å²) in [6.45, 7) is 4.91. The minimum Gasteiger partial charge on any atom is -0.371 e. The number of ether oxygens (including phenoxy) is 1. The van der Waals surface area contributed by atoms with Gasteiger partial charge in [0.15, 0.2) is 11.6 Å². The number of hydrogen-bond acceptors (Lipinski definition) is 4. The lowest BCUT2D eigenvalue weighted by molar-refractivity contribution is 0.0300. The highest BCUT2D eigenvalue weighted by Gasteiger charge is 2.35. The Kier molecular flexibility index (Phi) is 3.66. The van der Waals surface area contributed by atoms with Gasteiger partial charge in [0.2, 0.25) is 0 Å². The Labute approximate surface area is 113 Å². The molecule has 0 saturated carbocycles. The molecule has 2 aliphatic heterocycles. The molecule has 0 aliphatic carbocycles. The van der Waals surface area contributed by atoms with Crippen molar-refractivity contribution in [3.63, 3.8) is 0 Å². The lowest BCUT2D eigenvalue weighted by Crippen LogP contribution is -2.43. The summed E-state index contributed by atoms with van der Waals surface area (Å²) in [6, 6.07) is 1.75. The summed E-state index contributed by atoms with van der Waals surface area (Å²) < 4.78 is 20.2. The van der Waals surface area contributed by atoms with Crippen LogP contribution in [0.3, 0.4) is 0 Å². The number of rotatable bonds is 4. The molecule has 2 fully saturated rings. The second-order valence-corrected chi connectivity index (χ2v) is 5.25. The molecule has 2 saturated heterocycles. The van der Waals surface area contributed by atoms with Gasteiger partial charge in [-0.15, -0.1) is 0 Å². The molecule has 2 bridgehead atoms. The number of anilines is 1. The monoisotopic (exact) mass is 265 g/mol. The van der Waals surface area contributed by atoms with Gasteiger partial charge in [-0.05, 0) is 25.5 Å². The molecule has 5 heteroatoms. The zero-order valence-electron chi connectivity index (χ0n) is 11.2. The fourth-order valence-electron chi connectivity index (χ4n) is 2.88. The van der Waals surface area contributed by atoms with Crippen molar-refractivity contribution in [1.82, 2.24) is 10.3 Å². The van der Waals surface area contributed by atoms with Gasteiger partial charge in [-0.1, -0.05) is 6.92 Å². The number of aromatic nitrogens is 1. The molecule has 0 radical (unpaired) electrons. The van der Waals surface area contributed by atoms with Crippen molar-refractivity contribution in [3.05, 3.63) is 23.6 Å². The van der Waals surface area contributed by atoms with Gasteiger partial charge in [-0.25, -0.2) is 9.37 Å². The molecule has 0 spiro atoms. The highest BCUT2D eigenvalue weighted by molar-refractivity contribution is 5.44. The Bertz CT molecular complexity index is 442. The van der Waals surface area contributed by atoms with Gasteiger partial charge < -0.3 is 15.0 Å². The summed E-state index contributed by atoms with van der Waals surface area (Å²) in [5, 5.41) is 3.15. The van der Waals surface area contributed by atoms with Gasteiger partial charge in [-0.3, -0.25) is 0 Å². The van der Waals surface area contributed by atoms with E-state index in [-0.39, 0.29) is 18.0 Å². The van der Waals surface area contributed by atoms with Crippen molar-refractivity contribution < 1.29 is 9.13 Å². The topological polar surface area (TPSA) is 37.4 Å². The molecule has 1 aromatic rings. The van der Waals surface area contributed by atoms with Crippen LogP contribution in [-0.4, -0.2) is 36.8 Å². The Balaban J connectivity index is 1.80. The van der Waals surface area contributed by atoms with Gasteiger partial charge >= 0.3 is 0 Å². The maximum atomic E-state index is 14.5. The van der Waals surface area contributed by atoms with Crippen LogP contribution >= 0.6 is 0 Å². The minimum atomic E-state index is -0.190. The summed E-state index contributed by atoms with van der Waals surface area (Å²) in [6.07, 6.45) is 4.36. The second-order valence-electron chi connectivity index (χ2n) is 5.25. The van der Waals surface area contributed by atoms with Crippen LogP contribution in [0, 0.1) is 5.82 Å². The smallest absolute Gasteiger partial charge is 0.170 e. The third-order valence-electron chi connectivity index (χ3n) is 3.86. The first-order valence-electron chi connectivity index (χ1n) is 7.02. The third-order valence-corrected chi connectivity index (χ3v) is 3.86. The number of halogens is 1. The van der Waals surface area contributed by atoms with E-state index in [0.29, 0.717) is 17.9 Å². The first-order chi connectivity index (χ1) is 9.28. The largest absolute Gasteiger partial charge is 0.371 e. The first kappa shape index (κ1) is 12.8. The maximum Gasteiger partial charge on any atom is 0.170 e. The molecule has 2 atom stereocenters. The number of pyridine rings is 1. The van der Waals surface area contributed by atoms with E-state index in [2.05, 4.69) is 10.3 Å². The predicted octanol–water partition coefficient (Wildman–Crippen LogP) is 1.70. The second kappa shape index (κ2) is 5.43. The lowest BCUT2D eigenvalue weighted by atomic mass is 10.2. The highest BCUT2D eigenvalue weighted by atomic mass is 19.1. The Morgan fingerprint density at radius 1 is 1.42 bits per heavy atom. The SMILES string of the molecule is CCNCc1ccnc(N2CC3CCC(C2)O3)c1F.